The molecule has 0 spiro atoms. The lowest BCUT2D eigenvalue weighted by molar-refractivity contribution is -0.385. The van der Waals surface area contributed by atoms with E-state index in [0.29, 0.717) is 0 Å². The zero-order valence-corrected chi connectivity index (χ0v) is 11.9. The first-order valence-electron chi connectivity index (χ1n) is 5.21. The van der Waals surface area contributed by atoms with Crippen molar-refractivity contribution in [1.29, 1.82) is 0 Å². The maximum absolute atomic E-state index is 11.9. The molecule has 0 unspecified atom stereocenters. The fourth-order valence-electron chi connectivity index (χ4n) is 1.21. The molecular weight excluding hydrogens is 318 g/mol. The molecule has 0 aliphatic rings. The maximum atomic E-state index is 11.9. The fraction of sp³-hybridized carbons (Fsp3) is 0.273. The van der Waals surface area contributed by atoms with E-state index in [9.17, 15) is 19.7 Å². The number of nitrogens with two attached hydrogens (primary N) is 1. The third-order valence-electron chi connectivity index (χ3n) is 2.45. The van der Waals surface area contributed by atoms with Crippen LogP contribution >= 0.6 is 15.9 Å². The Morgan fingerprint density at radius 2 is 2.00 bits per heavy atom. The number of halogens is 1. The Bertz CT molecular complexity index is 557. The summed E-state index contributed by atoms with van der Waals surface area (Å²) in [6.07, 6.45) is 0. The highest BCUT2D eigenvalue weighted by molar-refractivity contribution is 9.10. The lowest BCUT2D eigenvalue weighted by Gasteiger charge is -2.22. The third kappa shape index (κ3) is 3.50. The van der Waals surface area contributed by atoms with E-state index in [4.69, 9.17) is 5.73 Å². The van der Waals surface area contributed by atoms with Crippen LogP contribution in [0.25, 0.3) is 0 Å². The summed E-state index contributed by atoms with van der Waals surface area (Å²) in [6, 6.07) is 3.92. The lowest BCUT2D eigenvalue weighted by Crippen LogP contribution is -2.53. The average molecular weight is 330 g/mol. The lowest BCUT2D eigenvalue weighted by atomic mass is 10.0. The second-order valence-corrected chi connectivity index (χ2v) is 5.22. The van der Waals surface area contributed by atoms with Gasteiger partial charge in [0, 0.05) is 11.6 Å². The highest BCUT2D eigenvalue weighted by atomic mass is 79.9. The number of carbonyl (C=O) groups is 2. The standard InChI is InChI=1S/C11H12BrN3O4/c1-11(2,10(13)17)14-9(16)6-3-4-7(12)8(5-6)15(18)19/h3-5H,1-2H3,(H2,13,17)(H,14,16). The summed E-state index contributed by atoms with van der Waals surface area (Å²) in [5.41, 5.74) is 3.73. The molecule has 7 nitrogen and oxygen atoms in total. The number of nitrogens with one attached hydrogen (secondary N) is 1. The van der Waals surface area contributed by atoms with E-state index in [1.54, 1.807) is 0 Å². The van der Waals surface area contributed by atoms with Crippen molar-refractivity contribution in [3.63, 3.8) is 0 Å². The number of nitro benzene ring substituents is 1. The number of hydrogen-bond donors (Lipinski definition) is 2. The zero-order chi connectivity index (χ0) is 14.8. The van der Waals surface area contributed by atoms with Crippen molar-refractivity contribution in [3.8, 4) is 0 Å². The molecule has 0 aromatic heterocycles. The van der Waals surface area contributed by atoms with Crippen molar-refractivity contribution in [2.45, 2.75) is 19.4 Å². The normalized spacial score (nSPS) is 10.9. The molecule has 19 heavy (non-hydrogen) atoms. The van der Waals surface area contributed by atoms with Crippen LogP contribution in [0.1, 0.15) is 24.2 Å². The number of primary amides is 1. The minimum Gasteiger partial charge on any atom is -0.368 e. The van der Waals surface area contributed by atoms with Crippen molar-refractivity contribution >= 4 is 33.4 Å². The van der Waals surface area contributed by atoms with Crippen LogP contribution in [0.5, 0.6) is 0 Å². The molecule has 0 saturated carbocycles. The Morgan fingerprint density at radius 1 is 1.42 bits per heavy atom. The van der Waals surface area contributed by atoms with Gasteiger partial charge in [0.15, 0.2) is 0 Å². The predicted octanol–water partition coefficient (Wildman–Crippen LogP) is 1.35. The molecule has 0 atom stereocenters. The maximum Gasteiger partial charge on any atom is 0.284 e. The van der Waals surface area contributed by atoms with Gasteiger partial charge in [0.05, 0.1) is 9.40 Å². The van der Waals surface area contributed by atoms with Gasteiger partial charge >= 0.3 is 0 Å². The molecule has 0 aliphatic heterocycles. The zero-order valence-electron chi connectivity index (χ0n) is 10.3. The van der Waals surface area contributed by atoms with Crippen LogP contribution in [-0.4, -0.2) is 22.3 Å². The topological polar surface area (TPSA) is 115 Å². The van der Waals surface area contributed by atoms with Crippen LogP contribution in [-0.2, 0) is 4.79 Å². The summed E-state index contributed by atoms with van der Waals surface area (Å²) in [7, 11) is 0. The van der Waals surface area contributed by atoms with Crippen molar-refractivity contribution in [2.24, 2.45) is 5.73 Å². The largest absolute Gasteiger partial charge is 0.368 e. The summed E-state index contributed by atoms with van der Waals surface area (Å²) >= 11 is 3.02. The number of carbonyl (C=O) groups excluding carboxylic acids is 2. The molecule has 2 amide bonds. The Labute approximate surface area is 117 Å². The minimum absolute atomic E-state index is 0.0734. The molecule has 0 bridgehead atoms. The quantitative estimate of drug-likeness (QED) is 0.640. The van der Waals surface area contributed by atoms with Crippen LogP contribution < -0.4 is 11.1 Å². The molecule has 0 fully saturated rings. The van der Waals surface area contributed by atoms with E-state index in [1.807, 2.05) is 0 Å². The van der Waals surface area contributed by atoms with E-state index in [-0.39, 0.29) is 15.7 Å². The second kappa shape index (κ2) is 5.35. The summed E-state index contributed by atoms with van der Waals surface area (Å²) in [5.74, 6) is -1.31. The Balaban J connectivity index is 3.05. The second-order valence-electron chi connectivity index (χ2n) is 4.37. The average Bonchev–Trinajstić information content (AvgIpc) is 2.28. The number of nitrogens with zero attached hydrogens (tertiary/aromatic N) is 1. The number of rotatable bonds is 4. The molecule has 1 rings (SSSR count). The summed E-state index contributed by atoms with van der Waals surface area (Å²) < 4.78 is 0.267. The van der Waals surface area contributed by atoms with Gasteiger partial charge in [-0.3, -0.25) is 19.7 Å². The highest BCUT2D eigenvalue weighted by Crippen LogP contribution is 2.25. The molecule has 102 valence electrons. The van der Waals surface area contributed by atoms with Gasteiger partial charge in [0.1, 0.15) is 5.54 Å². The van der Waals surface area contributed by atoms with Crippen LogP contribution in [0.3, 0.4) is 0 Å². The van der Waals surface area contributed by atoms with Gasteiger partial charge in [-0.2, -0.15) is 0 Å². The summed E-state index contributed by atoms with van der Waals surface area (Å²) in [4.78, 5) is 33.2. The number of benzene rings is 1. The number of hydrogen-bond acceptors (Lipinski definition) is 4. The molecule has 0 aliphatic carbocycles. The smallest absolute Gasteiger partial charge is 0.284 e. The number of amides is 2. The van der Waals surface area contributed by atoms with Gasteiger partial charge in [-0.25, -0.2) is 0 Å². The Hall–Kier alpha value is -1.96. The van der Waals surface area contributed by atoms with E-state index in [2.05, 4.69) is 21.2 Å². The van der Waals surface area contributed by atoms with Crippen LogP contribution in [0, 0.1) is 10.1 Å². The molecule has 8 heteroatoms. The minimum atomic E-state index is -1.24. The first-order chi connectivity index (χ1) is 8.65. The fourth-order valence-corrected chi connectivity index (χ4v) is 1.60. The summed E-state index contributed by atoms with van der Waals surface area (Å²) in [6.45, 7) is 2.89. The van der Waals surface area contributed by atoms with Crippen molar-refractivity contribution in [2.75, 3.05) is 0 Å². The molecular formula is C11H12BrN3O4. The van der Waals surface area contributed by atoms with Gasteiger partial charge < -0.3 is 11.1 Å². The van der Waals surface area contributed by atoms with Gasteiger partial charge in [-0.05, 0) is 41.9 Å². The van der Waals surface area contributed by atoms with Gasteiger partial charge in [-0.1, -0.05) is 0 Å². The van der Waals surface area contributed by atoms with Crippen molar-refractivity contribution in [1.82, 2.24) is 5.32 Å². The van der Waals surface area contributed by atoms with E-state index in [0.717, 1.165) is 6.07 Å². The Kier molecular flexibility index (Phi) is 4.25. The molecule has 3 N–H and O–H groups in total. The molecule has 0 radical (unpaired) electrons. The molecule has 1 aromatic rings. The van der Waals surface area contributed by atoms with Gasteiger partial charge in [0.25, 0.3) is 11.6 Å². The monoisotopic (exact) mass is 329 g/mol. The molecule has 1 aromatic carbocycles. The van der Waals surface area contributed by atoms with Crippen LogP contribution in [0.4, 0.5) is 5.69 Å². The molecule has 0 saturated heterocycles. The van der Waals surface area contributed by atoms with Gasteiger partial charge in [0.2, 0.25) is 5.91 Å². The van der Waals surface area contributed by atoms with E-state index in [1.165, 1.54) is 26.0 Å². The third-order valence-corrected chi connectivity index (χ3v) is 3.12. The van der Waals surface area contributed by atoms with Crippen LogP contribution in [0.2, 0.25) is 0 Å². The Morgan fingerprint density at radius 3 is 2.47 bits per heavy atom. The predicted molar refractivity (Wildman–Crippen MR) is 71.5 cm³/mol. The molecule has 0 heterocycles. The van der Waals surface area contributed by atoms with E-state index >= 15 is 0 Å². The van der Waals surface area contributed by atoms with Crippen molar-refractivity contribution < 1.29 is 14.5 Å². The van der Waals surface area contributed by atoms with Gasteiger partial charge in [-0.15, -0.1) is 0 Å². The highest BCUT2D eigenvalue weighted by Gasteiger charge is 2.28. The first kappa shape index (κ1) is 15.1. The van der Waals surface area contributed by atoms with E-state index < -0.39 is 22.3 Å². The van der Waals surface area contributed by atoms with Crippen LogP contribution in [0.15, 0.2) is 22.7 Å². The van der Waals surface area contributed by atoms with Crippen molar-refractivity contribution in [3.05, 3.63) is 38.3 Å². The SMILES string of the molecule is CC(C)(NC(=O)c1ccc(Br)c([N+](=O)[O-])c1)C(N)=O. The first-order valence-corrected chi connectivity index (χ1v) is 6.01. The summed E-state index contributed by atoms with van der Waals surface area (Å²) in [5, 5.41) is 13.2. The number of nitro groups is 1.